The van der Waals surface area contributed by atoms with Crippen molar-refractivity contribution >= 4 is 40.0 Å². The molecule has 1 heterocycles. The molecule has 0 amide bonds. The predicted octanol–water partition coefficient (Wildman–Crippen LogP) is 2.50. The minimum atomic E-state index is -3.27. The Morgan fingerprint density at radius 2 is 1.87 bits per heavy atom. The van der Waals surface area contributed by atoms with E-state index in [1.165, 1.54) is 5.56 Å². The third-order valence-electron chi connectivity index (χ3n) is 5.36. The quantitative estimate of drug-likeness (QED) is 0.306. The lowest BCUT2D eigenvalue weighted by atomic mass is 10.1. The highest BCUT2D eigenvalue weighted by Gasteiger charge is 2.40. The fourth-order valence-corrected chi connectivity index (χ4v) is 4.96. The second-order valence-electron chi connectivity index (χ2n) is 7.92. The topological polar surface area (TPSA) is 74.2 Å². The summed E-state index contributed by atoms with van der Waals surface area (Å²) in [6.07, 6.45) is 1.15. The SMILES string of the molecule is CCN=C(NC1CC1c1ccccc1)N1CCN(S(=O)(=O)CCOC(C)C)CC1.I. The lowest BCUT2D eigenvalue weighted by Gasteiger charge is -2.36. The van der Waals surface area contributed by atoms with Crippen LogP contribution < -0.4 is 5.32 Å². The maximum Gasteiger partial charge on any atom is 0.216 e. The van der Waals surface area contributed by atoms with Gasteiger partial charge in [-0.2, -0.15) is 4.31 Å². The number of halogens is 1. The van der Waals surface area contributed by atoms with Crippen LogP contribution in [0, 0.1) is 0 Å². The fraction of sp³-hybridized carbons (Fsp3) is 0.667. The first-order chi connectivity index (χ1) is 13.9. The molecule has 0 radical (unpaired) electrons. The van der Waals surface area contributed by atoms with E-state index < -0.39 is 10.0 Å². The predicted molar refractivity (Wildman–Crippen MR) is 132 cm³/mol. The first-order valence-electron chi connectivity index (χ1n) is 10.6. The number of piperazine rings is 1. The normalized spacial score (nSPS) is 22.7. The van der Waals surface area contributed by atoms with E-state index >= 15 is 0 Å². The Kier molecular flexibility index (Phi) is 9.83. The van der Waals surface area contributed by atoms with Crippen LogP contribution in [-0.4, -0.2) is 80.8 Å². The number of nitrogens with one attached hydrogen (secondary N) is 1. The summed E-state index contributed by atoms with van der Waals surface area (Å²) in [5.41, 5.74) is 1.36. The van der Waals surface area contributed by atoms with Crippen LogP contribution in [0.15, 0.2) is 35.3 Å². The van der Waals surface area contributed by atoms with E-state index in [0.717, 1.165) is 12.4 Å². The van der Waals surface area contributed by atoms with Crippen molar-refractivity contribution in [1.82, 2.24) is 14.5 Å². The van der Waals surface area contributed by atoms with Crippen LogP contribution in [0.5, 0.6) is 0 Å². The summed E-state index contributed by atoms with van der Waals surface area (Å²) in [5.74, 6) is 1.47. The van der Waals surface area contributed by atoms with Crippen molar-refractivity contribution < 1.29 is 13.2 Å². The smallest absolute Gasteiger partial charge is 0.216 e. The molecule has 30 heavy (non-hydrogen) atoms. The molecule has 1 saturated carbocycles. The summed E-state index contributed by atoms with van der Waals surface area (Å²) in [5, 5.41) is 3.60. The van der Waals surface area contributed by atoms with Crippen molar-refractivity contribution in [2.75, 3.05) is 45.1 Å². The van der Waals surface area contributed by atoms with Crippen LogP contribution in [0.2, 0.25) is 0 Å². The van der Waals surface area contributed by atoms with Crippen LogP contribution in [0.25, 0.3) is 0 Å². The van der Waals surface area contributed by atoms with Gasteiger partial charge in [0.05, 0.1) is 18.5 Å². The van der Waals surface area contributed by atoms with Gasteiger partial charge in [-0.1, -0.05) is 30.3 Å². The Balaban J connectivity index is 0.00000320. The molecule has 0 spiro atoms. The van der Waals surface area contributed by atoms with E-state index in [2.05, 4.69) is 39.5 Å². The van der Waals surface area contributed by atoms with Crippen LogP contribution >= 0.6 is 24.0 Å². The molecular formula is C21H35IN4O3S. The summed E-state index contributed by atoms with van der Waals surface area (Å²) in [6.45, 7) is 9.08. The van der Waals surface area contributed by atoms with E-state index in [9.17, 15) is 8.42 Å². The van der Waals surface area contributed by atoms with Gasteiger partial charge >= 0.3 is 0 Å². The Morgan fingerprint density at radius 3 is 2.47 bits per heavy atom. The van der Waals surface area contributed by atoms with Crippen LogP contribution in [0.1, 0.15) is 38.7 Å². The lowest BCUT2D eigenvalue weighted by molar-refractivity contribution is 0.0904. The standard InChI is InChI=1S/C21H34N4O3S.HI/c1-4-22-21(23-20-16-19(20)18-8-6-5-7-9-18)24-10-12-25(13-11-24)29(26,27)15-14-28-17(2)3;/h5-9,17,19-20H,4,10-16H2,1-3H3,(H,22,23);1H. The molecule has 170 valence electrons. The molecule has 0 bridgehead atoms. The van der Waals surface area contributed by atoms with E-state index in [1.54, 1.807) is 4.31 Å². The van der Waals surface area contributed by atoms with Gasteiger partial charge in [0.25, 0.3) is 0 Å². The zero-order chi connectivity index (χ0) is 20.9. The first-order valence-corrected chi connectivity index (χ1v) is 12.2. The van der Waals surface area contributed by atoms with Gasteiger partial charge in [0.1, 0.15) is 0 Å². The van der Waals surface area contributed by atoms with E-state index in [0.29, 0.717) is 44.7 Å². The highest BCUT2D eigenvalue weighted by molar-refractivity contribution is 14.0. The Bertz CT molecular complexity index is 781. The van der Waals surface area contributed by atoms with Crippen molar-refractivity contribution in [3.8, 4) is 0 Å². The average Bonchev–Trinajstić information content (AvgIpc) is 3.47. The highest BCUT2D eigenvalue weighted by Crippen LogP contribution is 2.40. The molecule has 2 unspecified atom stereocenters. The van der Waals surface area contributed by atoms with Gasteiger partial charge in [-0.25, -0.2) is 8.42 Å². The molecule has 1 N–H and O–H groups in total. The fourth-order valence-electron chi connectivity index (χ4n) is 3.67. The molecule has 9 heteroatoms. The molecule has 7 nitrogen and oxygen atoms in total. The maximum absolute atomic E-state index is 12.5. The van der Waals surface area contributed by atoms with Crippen molar-refractivity contribution in [3.63, 3.8) is 0 Å². The Hall–Kier alpha value is -0.910. The second kappa shape index (κ2) is 11.6. The summed E-state index contributed by atoms with van der Waals surface area (Å²) < 4.78 is 32.1. The summed E-state index contributed by atoms with van der Waals surface area (Å²) in [7, 11) is -3.27. The summed E-state index contributed by atoms with van der Waals surface area (Å²) in [4.78, 5) is 6.84. The van der Waals surface area contributed by atoms with Gasteiger partial charge in [-0.3, -0.25) is 4.99 Å². The monoisotopic (exact) mass is 550 g/mol. The molecule has 2 atom stereocenters. The molecule has 2 aliphatic rings. The minimum absolute atomic E-state index is 0. The second-order valence-corrected chi connectivity index (χ2v) is 10.0. The number of hydrogen-bond acceptors (Lipinski definition) is 4. The van der Waals surface area contributed by atoms with Crippen molar-refractivity contribution in [3.05, 3.63) is 35.9 Å². The van der Waals surface area contributed by atoms with E-state index in [1.807, 2.05) is 26.8 Å². The molecule has 1 aliphatic carbocycles. The zero-order valence-corrected chi connectivity index (χ0v) is 21.3. The molecule has 3 rings (SSSR count). The minimum Gasteiger partial charge on any atom is -0.378 e. The number of ether oxygens (including phenoxy) is 1. The van der Waals surface area contributed by atoms with Gasteiger partial charge in [-0.05, 0) is 32.8 Å². The van der Waals surface area contributed by atoms with Gasteiger partial charge in [0.2, 0.25) is 10.0 Å². The number of sulfonamides is 1. The van der Waals surface area contributed by atoms with Crippen LogP contribution in [0.4, 0.5) is 0 Å². The number of aliphatic imine (C=N–C) groups is 1. The number of benzene rings is 1. The molecule has 2 fully saturated rings. The number of nitrogens with zero attached hydrogens (tertiary/aromatic N) is 3. The van der Waals surface area contributed by atoms with Crippen molar-refractivity contribution in [2.24, 2.45) is 4.99 Å². The highest BCUT2D eigenvalue weighted by atomic mass is 127. The third-order valence-corrected chi connectivity index (χ3v) is 7.20. The molecule has 1 aromatic rings. The van der Waals surface area contributed by atoms with Crippen molar-refractivity contribution in [2.45, 2.75) is 45.3 Å². The molecule has 0 aromatic heterocycles. The Labute approximate surface area is 198 Å². The van der Waals surface area contributed by atoms with Crippen LogP contribution in [-0.2, 0) is 14.8 Å². The zero-order valence-electron chi connectivity index (χ0n) is 18.2. The number of guanidine groups is 1. The van der Waals surface area contributed by atoms with Gasteiger partial charge in [0, 0.05) is 44.7 Å². The molecular weight excluding hydrogens is 515 g/mol. The van der Waals surface area contributed by atoms with Gasteiger partial charge in [-0.15, -0.1) is 24.0 Å². The molecule has 1 saturated heterocycles. The third kappa shape index (κ3) is 7.06. The van der Waals surface area contributed by atoms with Gasteiger partial charge in [0.15, 0.2) is 5.96 Å². The Morgan fingerprint density at radius 1 is 1.20 bits per heavy atom. The van der Waals surface area contributed by atoms with E-state index in [-0.39, 0.29) is 42.4 Å². The number of hydrogen-bond donors (Lipinski definition) is 1. The summed E-state index contributed by atoms with van der Waals surface area (Å²) in [6, 6.07) is 11.0. The largest absolute Gasteiger partial charge is 0.378 e. The molecule has 1 aliphatic heterocycles. The van der Waals surface area contributed by atoms with Crippen molar-refractivity contribution in [1.29, 1.82) is 0 Å². The number of rotatable bonds is 8. The van der Waals surface area contributed by atoms with E-state index in [4.69, 9.17) is 4.74 Å². The maximum atomic E-state index is 12.5. The first kappa shape index (κ1) is 25.4. The van der Waals surface area contributed by atoms with Crippen LogP contribution in [0.3, 0.4) is 0 Å². The lowest BCUT2D eigenvalue weighted by Crippen LogP contribution is -2.54. The average molecular weight is 551 g/mol. The van der Waals surface area contributed by atoms with Gasteiger partial charge < -0.3 is 15.0 Å². The summed E-state index contributed by atoms with van der Waals surface area (Å²) >= 11 is 0. The molecule has 1 aromatic carbocycles.